The zero-order valence-corrected chi connectivity index (χ0v) is 7.31. The van der Waals surface area contributed by atoms with Crippen LogP contribution in [0.2, 0.25) is 0 Å². The summed E-state index contributed by atoms with van der Waals surface area (Å²) in [6, 6.07) is 0. The average molecular weight is 150 g/mol. The van der Waals surface area contributed by atoms with E-state index >= 15 is 0 Å². The summed E-state index contributed by atoms with van der Waals surface area (Å²) in [5, 5.41) is 0. The highest BCUT2D eigenvalue weighted by Crippen LogP contribution is 2.14. The maximum atomic E-state index is 4.00. The second-order valence-corrected chi connectivity index (χ2v) is 3.37. The van der Waals surface area contributed by atoms with E-state index in [0.717, 1.165) is 0 Å². The summed E-state index contributed by atoms with van der Waals surface area (Å²) in [6.07, 6.45) is 13.9. The van der Waals surface area contributed by atoms with Gasteiger partial charge in [0.2, 0.25) is 0 Å². The van der Waals surface area contributed by atoms with Crippen molar-refractivity contribution in [2.24, 2.45) is 0 Å². The zero-order valence-electron chi connectivity index (χ0n) is 7.31. The number of hydrogen-bond acceptors (Lipinski definition) is 0. The van der Waals surface area contributed by atoms with E-state index in [1.54, 1.807) is 0 Å². The van der Waals surface area contributed by atoms with E-state index < -0.39 is 0 Å². The quantitative estimate of drug-likeness (QED) is 0.492. The molecule has 0 amide bonds. The molecule has 0 saturated heterocycles. The predicted molar refractivity (Wildman–Crippen MR) is 50.6 cm³/mol. The first kappa shape index (κ1) is 8.58. The summed E-state index contributed by atoms with van der Waals surface area (Å²) < 4.78 is 0. The van der Waals surface area contributed by atoms with E-state index in [1.165, 1.54) is 50.5 Å². The van der Waals surface area contributed by atoms with Crippen molar-refractivity contribution in [2.75, 3.05) is 0 Å². The Morgan fingerprint density at radius 3 is 2.64 bits per heavy atom. The maximum Gasteiger partial charge on any atom is -0.0285 e. The van der Waals surface area contributed by atoms with Crippen molar-refractivity contribution in [1.82, 2.24) is 0 Å². The van der Waals surface area contributed by atoms with Crippen LogP contribution in [0.25, 0.3) is 0 Å². The molecule has 11 heavy (non-hydrogen) atoms. The maximum absolute atomic E-state index is 4.00. The van der Waals surface area contributed by atoms with Crippen LogP contribution < -0.4 is 0 Å². The van der Waals surface area contributed by atoms with Gasteiger partial charge in [-0.3, -0.25) is 0 Å². The minimum absolute atomic E-state index is 1.20. The zero-order chi connectivity index (χ0) is 7.94. The van der Waals surface area contributed by atoms with Gasteiger partial charge in [0.15, 0.2) is 0 Å². The Balaban J connectivity index is 2.32. The highest BCUT2D eigenvalue weighted by molar-refractivity contribution is 5.13. The molecule has 0 unspecified atom stereocenters. The highest BCUT2D eigenvalue weighted by Gasteiger charge is 1.94. The lowest BCUT2D eigenvalue weighted by Crippen LogP contribution is -1.84. The van der Waals surface area contributed by atoms with Gasteiger partial charge in [0.1, 0.15) is 0 Å². The molecule has 62 valence electrons. The molecule has 0 spiro atoms. The molecule has 0 aromatic heterocycles. The third-order valence-electron chi connectivity index (χ3n) is 2.22. The minimum atomic E-state index is 1.20. The monoisotopic (exact) mass is 150 g/mol. The van der Waals surface area contributed by atoms with Crippen LogP contribution >= 0.6 is 0 Å². The summed E-state index contributed by atoms with van der Waals surface area (Å²) in [5.41, 5.74) is 1.31. The normalized spacial score (nSPS) is 24.5. The van der Waals surface area contributed by atoms with Gasteiger partial charge in [-0.25, -0.2) is 0 Å². The molecule has 0 heteroatoms. The van der Waals surface area contributed by atoms with Crippen molar-refractivity contribution >= 4 is 0 Å². The fraction of sp³-hybridized carbons (Fsp3) is 0.636. The first-order valence-corrected chi connectivity index (χ1v) is 4.74. The van der Waals surface area contributed by atoms with Crippen LogP contribution in [-0.2, 0) is 0 Å². The van der Waals surface area contributed by atoms with E-state index in [9.17, 15) is 0 Å². The Kier molecular flexibility index (Phi) is 4.03. The van der Waals surface area contributed by atoms with Crippen molar-refractivity contribution in [3.05, 3.63) is 24.3 Å². The SMILES string of the molecule is C=C1/C=C/CCCCCCC1. The molecular weight excluding hydrogens is 132 g/mol. The molecule has 0 fully saturated rings. The lowest BCUT2D eigenvalue weighted by molar-refractivity contribution is 0.614. The first-order valence-electron chi connectivity index (χ1n) is 4.74. The summed E-state index contributed by atoms with van der Waals surface area (Å²) in [5.74, 6) is 0. The smallest absolute Gasteiger partial charge is 0.0285 e. The largest absolute Gasteiger partial charge is 0.0958 e. The third kappa shape index (κ3) is 4.02. The second-order valence-electron chi connectivity index (χ2n) is 3.37. The van der Waals surface area contributed by atoms with Gasteiger partial charge in [0.05, 0.1) is 0 Å². The van der Waals surface area contributed by atoms with E-state index in [0.29, 0.717) is 0 Å². The van der Waals surface area contributed by atoms with Gasteiger partial charge in [-0.1, -0.05) is 43.6 Å². The minimum Gasteiger partial charge on any atom is -0.0958 e. The third-order valence-corrected chi connectivity index (χ3v) is 2.22. The van der Waals surface area contributed by atoms with Gasteiger partial charge in [0, 0.05) is 0 Å². The molecule has 1 aliphatic rings. The standard InChI is InChI=1S/C11H18/c1-11-9-7-5-3-2-4-6-8-10-11/h7,9H,1-6,8,10H2/b9-7+. The Morgan fingerprint density at radius 1 is 1.00 bits per heavy atom. The van der Waals surface area contributed by atoms with Crippen molar-refractivity contribution in [3.63, 3.8) is 0 Å². The average Bonchev–Trinajstić information content (AvgIpc) is 2.03. The van der Waals surface area contributed by atoms with E-state index in [2.05, 4.69) is 18.7 Å². The van der Waals surface area contributed by atoms with Crippen LogP contribution in [0.1, 0.15) is 44.9 Å². The molecule has 0 heterocycles. The number of hydrogen-bond donors (Lipinski definition) is 0. The molecule has 1 aliphatic carbocycles. The Bertz CT molecular complexity index is 142. The summed E-state index contributed by atoms with van der Waals surface area (Å²) in [4.78, 5) is 0. The van der Waals surface area contributed by atoms with Crippen LogP contribution in [0.4, 0.5) is 0 Å². The lowest BCUT2D eigenvalue weighted by atomic mass is 10.0. The molecule has 1 rings (SSSR count). The van der Waals surface area contributed by atoms with Crippen molar-refractivity contribution in [3.8, 4) is 0 Å². The van der Waals surface area contributed by atoms with Gasteiger partial charge < -0.3 is 0 Å². The van der Waals surface area contributed by atoms with Crippen LogP contribution in [0.15, 0.2) is 24.3 Å². The van der Waals surface area contributed by atoms with Crippen molar-refractivity contribution in [1.29, 1.82) is 0 Å². The van der Waals surface area contributed by atoms with Crippen LogP contribution in [-0.4, -0.2) is 0 Å². The molecule has 0 saturated carbocycles. The molecular formula is C11H18. The lowest BCUT2D eigenvalue weighted by Gasteiger charge is -2.03. The summed E-state index contributed by atoms with van der Waals surface area (Å²) in [7, 11) is 0. The molecule has 0 radical (unpaired) electrons. The predicted octanol–water partition coefficient (Wildman–Crippen LogP) is 3.84. The Morgan fingerprint density at radius 2 is 1.73 bits per heavy atom. The second kappa shape index (κ2) is 5.17. The molecule has 0 aromatic carbocycles. The molecule has 0 aromatic rings. The fourth-order valence-corrected chi connectivity index (χ4v) is 1.48. The highest BCUT2D eigenvalue weighted by atomic mass is 14.0. The van der Waals surface area contributed by atoms with Gasteiger partial charge in [-0.05, 0) is 25.7 Å². The van der Waals surface area contributed by atoms with Crippen LogP contribution in [0.5, 0.6) is 0 Å². The van der Waals surface area contributed by atoms with Gasteiger partial charge in [-0.15, -0.1) is 0 Å². The Hall–Kier alpha value is -0.520. The molecule has 0 N–H and O–H groups in total. The van der Waals surface area contributed by atoms with Gasteiger partial charge >= 0.3 is 0 Å². The molecule has 0 bridgehead atoms. The topological polar surface area (TPSA) is 0 Å². The summed E-state index contributed by atoms with van der Waals surface area (Å²) >= 11 is 0. The molecule has 0 aliphatic heterocycles. The van der Waals surface area contributed by atoms with Crippen LogP contribution in [0, 0.1) is 0 Å². The van der Waals surface area contributed by atoms with Gasteiger partial charge in [0.25, 0.3) is 0 Å². The summed E-state index contributed by atoms with van der Waals surface area (Å²) in [6.45, 7) is 4.00. The number of allylic oxidation sites excluding steroid dienone is 3. The van der Waals surface area contributed by atoms with E-state index in [4.69, 9.17) is 0 Å². The van der Waals surface area contributed by atoms with E-state index in [1.807, 2.05) is 0 Å². The van der Waals surface area contributed by atoms with Gasteiger partial charge in [-0.2, -0.15) is 0 Å². The Labute approximate surface area is 70.0 Å². The number of rotatable bonds is 0. The molecule has 0 atom stereocenters. The first-order chi connectivity index (χ1) is 5.39. The molecule has 0 nitrogen and oxygen atoms in total. The van der Waals surface area contributed by atoms with E-state index in [-0.39, 0.29) is 0 Å². The van der Waals surface area contributed by atoms with Crippen LogP contribution in [0.3, 0.4) is 0 Å². The van der Waals surface area contributed by atoms with Crippen molar-refractivity contribution < 1.29 is 0 Å². The van der Waals surface area contributed by atoms with Crippen molar-refractivity contribution in [2.45, 2.75) is 44.9 Å². The fourth-order valence-electron chi connectivity index (χ4n) is 1.48.